The average molecular weight is 281 g/mol. The van der Waals surface area contributed by atoms with Crippen LogP contribution in [0.3, 0.4) is 0 Å². The Bertz CT molecular complexity index is 637. The van der Waals surface area contributed by atoms with Gasteiger partial charge in [0.25, 0.3) is 5.95 Å². The Morgan fingerprint density at radius 2 is 2.22 bits per heavy atom. The molecule has 18 heavy (non-hydrogen) atoms. The molecular formula is C8H5ClN8S. The van der Waals surface area contributed by atoms with Crippen molar-refractivity contribution in [1.29, 1.82) is 0 Å². The Hall–Kier alpha value is -2.00. The summed E-state index contributed by atoms with van der Waals surface area (Å²) in [6.07, 6.45) is 4.75. The fourth-order valence-corrected chi connectivity index (χ4v) is 2.02. The molecule has 8 nitrogen and oxygen atoms in total. The van der Waals surface area contributed by atoms with Gasteiger partial charge in [-0.1, -0.05) is 0 Å². The Balaban J connectivity index is 1.96. The van der Waals surface area contributed by atoms with Crippen molar-refractivity contribution in [3.05, 3.63) is 30.1 Å². The van der Waals surface area contributed by atoms with E-state index in [1.54, 1.807) is 18.5 Å². The van der Waals surface area contributed by atoms with Crippen LogP contribution in [0, 0.1) is 0 Å². The van der Waals surface area contributed by atoms with E-state index in [2.05, 4.69) is 35.2 Å². The van der Waals surface area contributed by atoms with E-state index >= 15 is 0 Å². The maximum Gasteiger partial charge on any atom is 0.255 e. The highest BCUT2D eigenvalue weighted by atomic mass is 35.5. The molecule has 0 saturated carbocycles. The molecule has 0 aliphatic rings. The lowest BCUT2D eigenvalue weighted by atomic mass is 10.7. The largest absolute Gasteiger partial charge is 0.255 e. The zero-order valence-electron chi connectivity index (χ0n) is 8.73. The monoisotopic (exact) mass is 280 g/mol. The molecule has 3 aromatic rings. The molecule has 1 N–H and O–H groups in total. The maximum absolute atomic E-state index is 5.84. The molecule has 0 radical (unpaired) electrons. The second-order valence-corrected chi connectivity index (χ2v) is 4.32. The Kier molecular flexibility index (Phi) is 2.90. The Morgan fingerprint density at radius 1 is 1.28 bits per heavy atom. The minimum Gasteiger partial charge on any atom is -0.254 e. The van der Waals surface area contributed by atoms with Crippen LogP contribution in [0.2, 0.25) is 5.28 Å². The summed E-state index contributed by atoms with van der Waals surface area (Å²) in [5.74, 6) is 0.349. The fraction of sp³-hybridized carbons (Fsp3) is 0. The molecule has 0 unspecified atom stereocenters. The molecule has 0 fully saturated rings. The molecule has 0 spiro atoms. The Labute approximate surface area is 110 Å². The molecule has 90 valence electrons. The molecule has 3 heterocycles. The lowest BCUT2D eigenvalue weighted by molar-refractivity contribution is 0.757. The minimum atomic E-state index is 0.0949. The highest BCUT2D eigenvalue weighted by molar-refractivity contribution is 7.99. The van der Waals surface area contributed by atoms with Gasteiger partial charge in [0, 0.05) is 12.4 Å². The molecular weight excluding hydrogens is 276 g/mol. The van der Waals surface area contributed by atoms with E-state index in [1.807, 2.05) is 0 Å². The number of aromatic nitrogens is 8. The van der Waals surface area contributed by atoms with Crippen LogP contribution in [-0.2, 0) is 0 Å². The summed E-state index contributed by atoms with van der Waals surface area (Å²) in [5.41, 5.74) is 0. The summed E-state index contributed by atoms with van der Waals surface area (Å²) >= 11 is 7.05. The second kappa shape index (κ2) is 4.70. The first-order valence-corrected chi connectivity index (χ1v) is 5.95. The third-order valence-electron chi connectivity index (χ3n) is 1.87. The highest BCUT2D eigenvalue weighted by Gasteiger charge is 2.09. The quantitative estimate of drug-likeness (QED) is 0.763. The van der Waals surface area contributed by atoms with Gasteiger partial charge in [0.2, 0.25) is 10.4 Å². The van der Waals surface area contributed by atoms with Crippen LogP contribution in [0.1, 0.15) is 0 Å². The average Bonchev–Trinajstić information content (AvgIpc) is 3.00. The van der Waals surface area contributed by atoms with E-state index in [-0.39, 0.29) is 5.28 Å². The molecule has 0 amide bonds. The number of nitrogens with zero attached hydrogens (tertiary/aromatic N) is 7. The van der Waals surface area contributed by atoms with Gasteiger partial charge >= 0.3 is 0 Å². The van der Waals surface area contributed by atoms with Crippen molar-refractivity contribution in [1.82, 2.24) is 39.9 Å². The van der Waals surface area contributed by atoms with Gasteiger partial charge in [-0.2, -0.15) is 25.1 Å². The highest BCUT2D eigenvalue weighted by Crippen LogP contribution is 2.21. The van der Waals surface area contributed by atoms with Gasteiger partial charge in [-0.05, 0) is 29.4 Å². The summed E-state index contributed by atoms with van der Waals surface area (Å²) in [5, 5.41) is 11.5. The van der Waals surface area contributed by atoms with Gasteiger partial charge in [0.1, 0.15) is 6.33 Å². The van der Waals surface area contributed by atoms with Crippen molar-refractivity contribution in [2.75, 3.05) is 0 Å². The van der Waals surface area contributed by atoms with E-state index in [4.69, 9.17) is 11.6 Å². The fourth-order valence-electron chi connectivity index (χ4n) is 1.19. The molecule has 10 heteroatoms. The van der Waals surface area contributed by atoms with Crippen molar-refractivity contribution in [2.24, 2.45) is 0 Å². The van der Waals surface area contributed by atoms with Crippen LogP contribution >= 0.6 is 23.4 Å². The third-order valence-corrected chi connectivity index (χ3v) is 2.79. The van der Waals surface area contributed by atoms with Gasteiger partial charge in [-0.25, -0.2) is 9.67 Å². The number of nitrogens with one attached hydrogen (secondary N) is 1. The van der Waals surface area contributed by atoms with Crippen LogP contribution < -0.4 is 0 Å². The number of rotatable bonds is 3. The predicted octanol–water partition coefficient (Wildman–Crippen LogP) is 0.980. The molecule has 0 aliphatic carbocycles. The number of H-pyrrole nitrogens is 1. The van der Waals surface area contributed by atoms with Gasteiger partial charge in [-0.15, -0.1) is 0 Å². The molecule has 0 bridgehead atoms. The van der Waals surface area contributed by atoms with E-state index in [0.29, 0.717) is 16.3 Å². The van der Waals surface area contributed by atoms with Gasteiger partial charge in [0.05, 0.1) is 0 Å². The van der Waals surface area contributed by atoms with Crippen LogP contribution in [0.4, 0.5) is 0 Å². The van der Waals surface area contributed by atoms with Gasteiger partial charge in [-0.3, -0.25) is 5.10 Å². The number of hydrogen-bond acceptors (Lipinski definition) is 7. The zero-order chi connectivity index (χ0) is 12.4. The van der Waals surface area contributed by atoms with E-state index in [0.717, 1.165) is 0 Å². The van der Waals surface area contributed by atoms with Crippen molar-refractivity contribution in [3.63, 3.8) is 0 Å². The van der Waals surface area contributed by atoms with E-state index in [9.17, 15) is 0 Å². The minimum absolute atomic E-state index is 0.0949. The number of halogens is 1. The second-order valence-electron chi connectivity index (χ2n) is 3.03. The van der Waals surface area contributed by atoms with Crippen LogP contribution in [-0.4, -0.2) is 39.9 Å². The van der Waals surface area contributed by atoms with Crippen LogP contribution in [0.25, 0.3) is 5.95 Å². The van der Waals surface area contributed by atoms with Crippen molar-refractivity contribution in [3.8, 4) is 5.95 Å². The normalized spacial score (nSPS) is 10.7. The first-order chi connectivity index (χ1) is 8.81. The lowest BCUT2D eigenvalue weighted by Crippen LogP contribution is -2.04. The van der Waals surface area contributed by atoms with Crippen molar-refractivity contribution >= 4 is 23.4 Å². The summed E-state index contributed by atoms with van der Waals surface area (Å²) in [7, 11) is 0. The van der Waals surface area contributed by atoms with Crippen molar-refractivity contribution < 1.29 is 0 Å². The predicted molar refractivity (Wildman–Crippen MR) is 62.5 cm³/mol. The van der Waals surface area contributed by atoms with Gasteiger partial charge < -0.3 is 0 Å². The summed E-state index contributed by atoms with van der Waals surface area (Å²) in [6, 6.07) is 1.76. The van der Waals surface area contributed by atoms with E-state index in [1.165, 1.54) is 22.8 Å². The number of aromatic amines is 1. The SMILES string of the molecule is Clc1nc(Sc2ncn[nH]2)nc(-n2cccn2)n1. The molecule has 3 rings (SSSR count). The van der Waals surface area contributed by atoms with Crippen LogP contribution in [0.15, 0.2) is 35.1 Å². The topological polar surface area (TPSA) is 98.1 Å². The standard InChI is InChI=1S/C8H5ClN8S/c9-5-13-6(17-3-1-2-12-17)15-8(14-5)18-7-10-4-11-16-7/h1-4H,(H,10,11,16). The van der Waals surface area contributed by atoms with Crippen molar-refractivity contribution in [2.45, 2.75) is 10.3 Å². The molecule has 0 saturated heterocycles. The third kappa shape index (κ3) is 2.31. The molecule has 0 aromatic carbocycles. The zero-order valence-corrected chi connectivity index (χ0v) is 10.3. The first-order valence-electron chi connectivity index (χ1n) is 4.76. The smallest absolute Gasteiger partial charge is 0.254 e. The molecule has 3 aromatic heterocycles. The van der Waals surface area contributed by atoms with Gasteiger partial charge in [0.15, 0.2) is 5.16 Å². The molecule has 0 atom stereocenters. The molecule has 0 aliphatic heterocycles. The maximum atomic E-state index is 5.84. The lowest BCUT2D eigenvalue weighted by Gasteiger charge is -2.01. The number of hydrogen-bond donors (Lipinski definition) is 1. The summed E-state index contributed by atoms with van der Waals surface area (Å²) in [6.45, 7) is 0. The van der Waals surface area contributed by atoms with Crippen LogP contribution in [0.5, 0.6) is 0 Å². The summed E-state index contributed by atoms with van der Waals surface area (Å²) in [4.78, 5) is 16.2. The van der Waals surface area contributed by atoms with E-state index < -0.39 is 0 Å². The Morgan fingerprint density at radius 3 is 2.94 bits per heavy atom. The summed E-state index contributed by atoms with van der Waals surface area (Å²) < 4.78 is 1.50. The first kappa shape index (κ1) is 11.1.